The Morgan fingerprint density at radius 1 is 1.76 bits per heavy atom. The first-order valence-electron chi connectivity index (χ1n) is 5.87. The fourth-order valence-electron chi connectivity index (χ4n) is 2.04. The number of nitrogens with zero attached hydrogens (tertiary/aromatic N) is 2. The van der Waals surface area contributed by atoms with Gasteiger partial charge in [-0.2, -0.15) is 0 Å². The molecule has 94 valence electrons. The molecule has 0 bridgehead atoms. The molecule has 0 radical (unpaired) electrons. The van der Waals surface area contributed by atoms with Crippen LogP contribution in [0.1, 0.15) is 30.3 Å². The highest BCUT2D eigenvalue weighted by atomic mass is 32.1. The third-order valence-electron chi connectivity index (χ3n) is 2.90. The van der Waals surface area contributed by atoms with E-state index in [1.807, 2.05) is 6.92 Å². The van der Waals surface area contributed by atoms with E-state index in [4.69, 9.17) is 0 Å². The number of carbonyl (C=O) groups is 1. The van der Waals surface area contributed by atoms with Gasteiger partial charge in [0.05, 0.1) is 12.6 Å². The molecule has 2 rings (SSSR count). The highest BCUT2D eigenvalue weighted by Crippen LogP contribution is 2.22. The van der Waals surface area contributed by atoms with Gasteiger partial charge in [0.25, 0.3) is 5.91 Å². The number of nitrogens with one attached hydrogen (secondary N) is 1. The molecule has 1 aromatic heterocycles. The number of rotatable bonds is 4. The first-order valence-corrected chi connectivity index (χ1v) is 6.75. The Morgan fingerprint density at radius 2 is 2.59 bits per heavy atom. The number of amides is 1. The maximum atomic E-state index is 12.2. The van der Waals surface area contributed by atoms with Crippen molar-refractivity contribution in [3.63, 3.8) is 0 Å². The second kappa shape index (κ2) is 5.46. The second-order valence-corrected chi connectivity index (χ2v) is 4.90. The molecule has 1 fully saturated rings. The molecule has 1 saturated heterocycles. The number of likely N-dealkylation sites (tertiary alicyclic amines) is 1. The molecule has 2 N–H and O–H groups in total. The number of hydrogen-bond donors (Lipinski definition) is 2. The molecule has 17 heavy (non-hydrogen) atoms. The molecule has 1 aliphatic rings. The molecule has 6 heteroatoms. The molecule has 0 saturated carbocycles. The maximum absolute atomic E-state index is 12.2. The summed E-state index contributed by atoms with van der Waals surface area (Å²) in [4.78, 5) is 18.1. The fourth-order valence-corrected chi connectivity index (χ4v) is 2.80. The number of thiazole rings is 1. The average Bonchev–Trinajstić information content (AvgIpc) is 2.96. The molecule has 1 aromatic rings. The summed E-state index contributed by atoms with van der Waals surface area (Å²) in [6, 6.07) is -0.0354. The molecule has 0 spiro atoms. The Balaban J connectivity index is 2.07. The highest BCUT2D eigenvalue weighted by molar-refractivity contribution is 7.13. The van der Waals surface area contributed by atoms with E-state index in [1.54, 1.807) is 10.3 Å². The molecule has 1 aliphatic heterocycles. The standard InChI is InChI=1S/C11H17N3O2S/c1-2-12-11-13-9(7-17-11)10(16)14-5-3-4-8(14)6-15/h7-8,15H,2-6H2,1H3,(H,12,13)/t8-/m1/s1. The molecule has 0 aromatic carbocycles. The summed E-state index contributed by atoms with van der Waals surface area (Å²) in [5.74, 6) is -0.0676. The molecule has 5 nitrogen and oxygen atoms in total. The Hall–Kier alpha value is -1.14. The third-order valence-corrected chi connectivity index (χ3v) is 3.70. The lowest BCUT2D eigenvalue weighted by atomic mass is 10.2. The Morgan fingerprint density at radius 3 is 3.29 bits per heavy atom. The predicted octanol–water partition coefficient (Wildman–Crippen LogP) is 1.17. The zero-order valence-electron chi connectivity index (χ0n) is 9.85. The minimum Gasteiger partial charge on any atom is -0.394 e. The molecule has 1 atom stereocenters. The normalized spacial score (nSPS) is 19.6. The summed E-state index contributed by atoms with van der Waals surface area (Å²) < 4.78 is 0. The van der Waals surface area contributed by atoms with E-state index in [0.29, 0.717) is 5.69 Å². The zero-order valence-corrected chi connectivity index (χ0v) is 10.7. The van der Waals surface area contributed by atoms with Crippen LogP contribution in [0.5, 0.6) is 0 Å². The van der Waals surface area contributed by atoms with E-state index in [9.17, 15) is 9.90 Å². The lowest BCUT2D eigenvalue weighted by Crippen LogP contribution is -2.37. The molecular weight excluding hydrogens is 238 g/mol. The van der Waals surface area contributed by atoms with E-state index < -0.39 is 0 Å². The third kappa shape index (κ3) is 2.58. The van der Waals surface area contributed by atoms with E-state index in [2.05, 4.69) is 10.3 Å². The Labute approximate surface area is 104 Å². The van der Waals surface area contributed by atoms with Gasteiger partial charge < -0.3 is 15.3 Å². The topological polar surface area (TPSA) is 65.5 Å². The van der Waals surface area contributed by atoms with Crippen molar-refractivity contribution in [3.8, 4) is 0 Å². The first-order chi connectivity index (χ1) is 8.26. The van der Waals surface area contributed by atoms with Gasteiger partial charge in [0.1, 0.15) is 5.69 Å². The largest absolute Gasteiger partial charge is 0.394 e. The Kier molecular flexibility index (Phi) is 3.96. The summed E-state index contributed by atoms with van der Waals surface area (Å²) in [6.07, 6.45) is 1.84. The van der Waals surface area contributed by atoms with Gasteiger partial charge in [0.15, 0.2) is 5.13 Å². The van der Waals surface area contributed by atoms with Crippen molar-refractivity contribution in [2.45, 2.75) is 25.8 Å². The molecule has 0 aliphatic carbocycles. The van der Waals surface area contributed by atoms with E-state index in [1.165, 1.54) is 11.3 Å². The predicted molar refractivity (Wildman–Crippen MR) is 67.4 cm³/mol. The summed E-state index contributed by atoms with van der Waals surface area (Å²) in [5, 5.41) is 14.8. The highest BCUT2D eigenvalue weighted by Gasteiger charge is 2.29. The van der Waals surface area contributed by atoms with Crippen LogP contribution in [0.3, 0.4) is 0 Å². The minimum atomic E-state index is -0.0676. The smallest absolute Gasteiger partial charge is 0.273 e. The van der Waals surface area contributed by atoms with E-state index in [-0.39, 0.29) is 18.6 Å². The van der Waals surface area contributed by atoms with Crippen LogP contribution in [0.25, 0.3) is 0 Å². The number of hydrogen-bond acceptors (Lipinski definition) is 5. The van der Waals surface area contributed by atoms with Crippen molar-refractivity contribution >= 4 is 22.4 Å². The number of aliphatic hydroxyl groups excluding tert-OH is 1. The molecule has 1 amide bonds. The lowest BCUT2D eigenvalue weighted by Gasteiger charge is -2.21. The summed E-state index contributed by atoms with van der Waals surface area (Å²) in [5.41, 5.74) is 0.478. The van der Waals surface area contributed by atoms with Crippen LogP contribution in [0.15, 0.2) is 5.38 Å². The summed E-state index contributed by atoms with van der Waals surface area (Å²) in [6.45, 7) is 3.54. The monoisotopic (exact) mass is 255 g/mol. The van der Waals surface area contributed by atoms with Gasteiger partial charge in [-0.15, -0.1) is 11.3 Å². The van der Waals surface area contributed by atoms with Crippen molar-refractivity contribution in [2.24, 2.45) is 0 Å². The van der Waals surface area contributed by atoms with Gasteiger partial charge in [-0.1, -0.05) is 0 Å². The van der Waals surface area contributed by atoms with Gasteiger partial charge in [-0.25, -0.2) is 4.98 Å². The second-order valence-electron chi connectivity index (χ2n) is 4.05. The zero-order chi connectivity index (χ0) is 12.3. The number of aromatic nitrogens is 1. The maximum Gasteiger partial charge on any atom is 0.273 e. The van der Waals surface area contributed by atoms with E-state index in [0.717, 1.165) is 31.1 Å². The number of aliphatic hydroxyl groups is 1. The van der Waals surface area contributed by atoms with Crippen LogP contribution in [0, 0.1) is 0 Å². The van der Waals surface area contributed by atoms with Crippen LogP contribution in [-0.4, -0.2) is 46.6 Å². The van der Waals surface area contributed by atoms with Crippen LogP contribution in [0.4, 0.5) is 5.13 Å². The molecule has 2 heterocycles. The molecular formula is C11H17N3O2S. The first kappa shape index (κ1) is 12.3. The number of carbonyl (C=O) groups excluding carboxylic acids is 1. The fraction of sp³-hybridized carbons (Fsp3) is 0.636. The van der Waals surface area contributed by atoms with Gasteiger partial charge in [0.2, 0.25) is 0 Å². The minimum absolute atomic E-state index is 0.0354. The van der Waals surface area contributed by atoms with Crippen molar-refractivity contribution in [1.82, 2.24) is 9.88 Å². The van der Waals surface area contributed by atoms with Crippen LogP contribution in [-0.2, 0) is 0 Å². The van der Waals surface area contributed by atoms with Crippen molar-refractivity contribution in [1.29, 1.82) is 0 Å². The average molecular weight is 255 g/mol. The van der Waals surface area contributed by atoms with Crippen molar-refractivity contribution < 1.29 is 9.90 Å². The van der Waals surface area contributed by atoms with Gasteiger partial charge >= 0.3 is 0 Å². The van der Waals surface area contributed by atoms with Crippen molar-refractivity contribution in [2.75, 3.05) is 25.0 Å². The van der Waals surface area contributed by atoms with Gasteiger partial charge in [-0.3, -0.25) is 4.79 Å². The van der Waals surface area contributed by atoms with Crippen LogP contribution >= 0.6 is 11.3 Å². The Bertz CT molecular complexity index is 394. The quantitative estimate of drug-likeness (QED) is 0.847. The van der Waals surface area contributed by atoms with Gasteiger partial charge in [0, 0.05) is 18.5 Å². The van der Waals surface area contributed by atoms with Crippen molar-refractivity contribution in [3.05, 3.63) is 11.1 Å². The molecule has 0 unspecified atom stereocenters. The summed E-state index contributed by atoms with van der Waals surface area (Å²) >= 11 is 1.44. The SMILES string of the molecule is CCNc1nc(C(=O)N2CCC[C@@H]2CO)cs1. The lowest BCUT2D eigenvalue weighted by molar-refractivity contribution is 0.0672. The van der Waals surface area contributed by atoms with Crippen LogP contribution < -0.4 is 5.32 Å². The summed E-state index contributed by atoms with van der Waals surface area (Å²) in [7, 11) is 0. The van der Waals surface area contributed by atoms with Crippen LogP contribution in [0.2, 0.25) is 0 Å². The number of anilines is 1. The van der Waals surface area contributed by atoms with Gasteiger partial charge in [-0.05, 0) is 19.8 Å². The van der Waals surface area contributed by atoms with E-state index >= 15 is 0 Å².